The van der Waals surface area contributed by atoms with E-state index in [0.29, 0.717) is 13.1 Å². The summed E-state index contributed by atoms with van der Waals surface area (Å²) in [6.45, 7) is 4.96. The number of benzene rings is 1. The van der Waals surface area contributed by atoms with Crippen molar-refractivity contribution in [2.24, 2.45) is 11.7 Å². The molecule has 0 bridgehead atoms. The third-order valence-electron chi connectivity index (χ3n) is 3.09. The van der Waals surface area contributed by atoms with Gasteiger partial charge in [0.1, 0.15) is 0 Å². The fraction of sp³-hybridized carbons (Fsp3) is 0.438. The maximum atomic E-state index is 12.0. The minimum atomic E-state index is 0.0743. The third-order valence-corrected chi connectivity index (χ3v) is 3.09. The standard InChI is InChI=1S/C16H22N2O/c1-4-13(2)16(19)18(3)12-15-8-5-7-14(11-15)9-6-10-17/h5,7-8,11,13H,4,10,12,17H2,1-3H3. The van der Waals surface area contributed by atoms with Gasteiger partial charge in [0.15, 0.2) is 0 Å². The van der Waals surface area contributed by atoms with Crippen LogP contribution in [0.25, 0.3) is 0 Å². The van der Waals surface area contributed by atoms with Crippen molar-refractivity contribution in [1.82, 2.24) is 4.90 Å². The summed E-state index contributed by atoms with van der Waals surface area (Å²) in [6, 6.07) is 7.91. The van der Waals surface area contributed by atoms with Crippen LogP contribution in [0.1, 0.15) is 31.4 Å². The zero-order valence-corrected chi connectivity index (χ0v) is 11.9. The Morgan fingerprint density at radius 1 is 1.47 bits per heavy atom. The van der Waals surface area contributed by atoms with E-state index in [0.717, 1.165) is 17.5 Å². The number of carbonyl (C=O) groups excluding carboxylic acids is 1. The maximum Gasteiger partial charge on any atom is 0.225 e. The van der Waals surface area contributed by atoms with Crippen molar-refractivity contribution in [3.8, 4) is 11.8 Å². The molecule has 0 aliphatic carbocycles. The summed E-state index contributed by atoms with van der Waals surface area (Å²) in [4.78, 5) is 13.8. The van der Waals surface area contributed by atoms with Gasteiger partial charge in [-0.05, 0) is 24.1 Å². The Bertz CT molecular complexity index is 485. The summed E-state index contributed by atoms with van der Waals surface area (Å²) in [5.74, 6) is 6.09. The van der Waals surface area contributed by atoms with E-state index >= 15 is 0 Å². The normalized spacial score (nSPS) is 11.4. The first-order valence-electron chi connectivity index (χ1n) is 6.61. The molecule has 0 saturated heterocycles. The van der Waals surface area contributed by atoms with Crippen LogP contribution in [0.4, 0.5) is 0 Å². The fourth-order valence-electron chi connectivity index (χ4n) is 1.80. The van der Waals surface area contributed by atoms with Crippen molar-refractivity contribution in [1.29, 1.82) is 0 Å². The molecule has 1 atom stereocenters. The second-order valence-corrected chi connectivity index (χ2v) is 4.71. The van der Waals surface area contributed by atoms with Gasteiger partial charge >= 0.3 is 0 Å². The number of hydrogen-bond acceptors (Lipinski definition) is 2. The molecule has 2 N–H and O–H groups in total. The lowest BCUT2D eigenvalue weighted by Crippen LogP contribution is -2.30. The van der Waals surface area contributed by atoms with Gasteiger partial charge in [0.05, 0.1) is 6.54 Å². The van der Waals surface area contributed by atoms with Gasteiger partial charge in [-0.15, -0.1) is 0 Å². The van der Waals surface area contributed by atoms with Gasteiger partial charge in [-0.2, -0.15) is 0 Å². The Morgan fingerprint density at radius 3 is 2.84 bits per heavy atom. The molecule has 0 aliphatic rings. The minimum Gasteiger partial charge on any atom is -0.341 e. The van der Waals surface area contributed by atoms with Crippen LogP contribution >= 0.6 is 0 Å². The van der Waals surface area contributed by atoms with Crippen LogP contribution in [0, 0.1) is 17.8 Å². The molecule has 1 amide bonds. The number of nitrogens with two attached hydrogens (primary N) is 1. The molecule has 3 nitrogen and oxygen atoms in total. The van der Waals surface area contributed by atoms with E-state index in [1.54, 1.807) is 4.90 Å². The van der Waals surface area contributed by atoms with Crippen LogP contribution < -0.4 is 5.73 Å². The molecule has 1 aromatic carbocycles. The predicted octanol–water partition coefficient (Wildman–Crippen LogP) is 2.00. The van der Waals surface area contributed by atoms with Crippen molar-refractivity contribution in [3.63, 3.8) is 0 Å². The summed E-state index contributed by atoms with van der Waals surface area (Å²) < 4.78 is 0. The number of nitrogens with zero attached hydrogens (tertiary/aromatic N) is 1. The molecular formula is C16H22N2O. The van der Waals surface area contributed by atoms with E-state index in [1.807, 2.05) is 45.2 Å². The minimum absolute atomic E-state index is 0.0743. The zero-order valence-electron chi connectivity index (χ0n) is 11.9. The summed E-state index contributed by atoms with van der Waals surface area (Å²) in [6.07, 6.45) is 0.866. The van der Waals surface area contributed by atoms with E-state index in [2.05, 4.69) is 11.8 Å². The molecule has 0 aliphatic heterocycles. The van der Waals surface area contributed by atoms with E-state index in [-0.39, 0.29) is 11.8 Å². The average Bonchev–Trinajstić information content (AvgIpc) is 2.43. The summed E-state index contributed by atoms with van der Waals surface area (Å²) >= 11 is 0. The first-order valence-corrected chi connectivity index (χ1v) is 6.61. The molecule has 19 heavy (non-hydrogen) atoms. The Kier molecular flexibility index (Phi) is 6.11. The van der Waals surface area contributed by atoms with Crippen LogP contribution in [0.5, 0.6) is 0 Å². The highest BCUT2D eigenvalue weighted by Crippen LogP contribution is 2.11. The number of carbonyl (C=O) groups is 1. The average molecular weight is 258 g/mol. The number of hydrogen-bond donors (Lipinski definition) is 1. The predicted molar refractivity (Wildman–Crippen MR) is 78.3 cm³/mol. The molecule has 1 unspecified atom stereocenters. The molecule has 3 heteroatoms. The highest BCUT2D eigenvalue weighted by Gasteiger charge is 2.15. The number of rotatable bonds is 4. The Balaban J connectivity index is 2.74. The molecule has 0 saturated carbocycles. The fourth-order valence-corrected chi connectivity index (χ4v) is 1.80. The van der Waals surface area contributed by atoms with Crippen molar-refractivity contribution in [2.45, 2.75) is 26.8 Å². The smallest absolute Gasteiger partial charge is 0.225 e. The Morgan fingerprint density at radius 2 is 2.21 bits per heavy atom. The van der Waals surface area contributed by atoms with Crippen molar-refractivity contribution >= 4 is 5.91 Å². The van der Waals surface area contributed by atoms with Crippen molar-refractivity contribution in [3.05, 3.63) is 35.4 Å². The van der Waals surface area contributed by atoms with Gasteiger partial charge in [0, 0.05) is 25.1 Å². The quantitative estimate of drug-likeness (QED) is 0.840. The van der Waals surface area contributed by atoms with Crippen molar-refractivity contribution < 1.29 is 4.79 Å². The molecular weight excluding hydrogens is 236 g/mol. The molecule has 0 aromatic heterocycles. The van der Waals surface area contributed by atoms with Crippen molar-refractivity contribution in [2.75, 3.05) is 13.6 Å². The molecule has 0 spiro atoms. The summed E-state index contributed by atoms with van der Waals surface area (Å²) in [5.41, 5.74) is 7.38. The second-order valence-electron chi connectivity index (χ2n) is 4.71. The molecule has 102 valence electrons. The van der Waals surface area contributed by atoms with Gasteiger partial charge in [-0.25, -0.2) is 0 Å². The third kappa shape index (κ3) is 4.76. The second kappa shape index (κ2) is 7.60. The van der Waals surface area contributed by atoms with E-state index in [4.69, 9.17) is 5.73 Å². The van der Waals surface area contributed by atoms with Gasteiger partial charge in [-0.3, -0.25) is 4.79 Å². The van der Waals surface area contributed by atoms with Gasteiger partial charge < -0.3 is 10.6 Å². The molecule has 0 heterocycles. The summed E-state index contributed by atoms with van der Waals surface area (Å²) in [5, 5.41) is 0. The molecule has 1 rings (SSSR count). The van der Waals surface area contributed by atoms with Gasteiger partial charge in [0.25, 0.3) is 0 Å². The van der Waals surface area contributed by atoms with E-state index in [1.165, 1.54) is 0 Å². The van der Waals surface area contributed by atoms with Gasteiger partial charge in [-0.1, -0.05) is 37.8 Å². The first kappa shape index (κ1) is 15.3. The maximum absolute atomic E-state index is 12.0. The first-order chi connectivity index (χ1) is 9.08. The van der Waals surface area contributed by atoms with E-state index in [9.17, 15) is 4.79 Å². The van der Waals surface area contributed by atoms with Gasteiger partial charge in [0.2, 0.25) is 5.91 Å². The van der Waals surface area contributed by atoms with Crippen LogP contribution in [-0.4, -0.2) is 24.4 Å². The molecule has 0 radical (unpaired) electrons. The zero-order chi connectivity index (χ0) is 14.3. The lowest BCUT2D eigenvalue weighted by atomic mass is 10.1. The highest BCUT2D eigenvalue weighted by atomic mass is 16.2. The van der Waals surface area contributed by atoms with Crippen LogP contribution in [0.15, 0.2) is 24.3 Å². The lowest BCUT2D eigenvalue weighted by Gasteiger charge is -2.20. The van der Waals surface area contributed by atoms with Crippen LogP contribution in [-0.2, 0) is 11.3 Å². The Labute approximate surface area is 115 Å². The highest BCUT2D eigenvalue weighted by molar-refractivity contribution is 5.78. The Hall–Kier alpha value is -1.79. The van der Waals surface area contributed by atoms with Crippen LogP contribution in [0.3, 0.4) is 0 Å². The molecule has 1 aromatic rings. The SMILES string of the molecule is CCC(C)C(=O)N(C)Cc1cccc(C#CCN)c1. The largest absolute Gasteiger partial charge is 0.341 e. The monoisotopic (exact) mass is 258 g/mol. The molecule has 0 fully saturated rings. The topological polar surface area (TPSA) is 46.3 Å². The van der Waals surface area contributed by atoms with Crippen LogP contribution in [0.2, 0.25) is 0 Å². The number of amides is 1. The summed E-state index contributed by atoms with van der Waals surface area (Å²) in [7, 11) is 1.84. The van der Waals surface area contributed by atoms with E-state index < -0.39 is 0 Å². The lowest BCUT2D eigenvalue weighted by molar-refractivity contribution is -0.134.